The molecule has 2 aromatic rings. The van der Waals surface area contributed by atoms with Crippen molar-refractivity contribution in [2.45, 2.75) is 13.8 Å². The topological polar surface area (TPSA) is 81.7 Å². The lowest BCUT2D eigenvalue weighted by atomic mass is 10.1. The minimum Gasteiger partial charge on any atom is -0.462 e. The molecule has 0 heterocycles. The summed E-state index contributed by atoms with van der Waals surface area (Å²) in [6, 6.07) is 12.6. The Morgan fingerprint density at radius 3 is 2.33 bits per heavy atom. The average Bonchev–Trinajstić information content (AvgIpc) is 2.55. The predicted octanol–water partition coefficient (Wildman–Crippen LogP) is 3.04. The van der Waals surface area contributed by atoms with Gasteiger partial charge < -0.3 is 14.8 Å². The molecule has 6 heteroatoms. The summed E-state index contributed by atoms with van der Waals surface area (Å²) in [5.74, 6) is -0.851. The summed E-state index contributed by atoms with van der Waals surface area (Å²) in [7, 11) is 0. The summed E-state index contributed by atoms with van der Waals surface area (Å²) in [6.45, 7) is 3.31. The number of hydrogen-bond donors (Lipinski definition) is 1. The van der Waals surface area contributed by atoms with Gasteiger partial charge in [-0.1, -0.05) is 6.07 Å². The Hall–Kier alpha value is -3.15. The standard InChI is InChI=1S/C18H17NO5/c1-3-23-18(22)14-5-4-6-15(11-14)19-17(21)13-7-9-16(10-8-13)24-12(2)20/h4-11H,3H2,1-2H3,(H,19,21). The molecule has 0 saturated heterocycles. The molecule has 0 aliphatic heterocycles. The van der Waals surface area contributed by atoms with Gasteiger partial charge in [0, 0.05) is 18.2 Å². The number of nitrogens with one attached hydrogen (secondary N) is 1. The van der Waals surface area contributed by atoms with Gasteiger partial charge in [-0.25, -0.2) is 4.79 Å². The van der Waals surface area contributed by atoms with Crippen molar-refractivity contribution in [1.82, 2.24) is 0 Å². The first-order valence-electron chi connectivity index (χ1n) is 7.36. The molecule has 0 unspecified atom stereocenters. The zero-order valence-electron chi connectivity index (χ0n) is 13.4. The Balaban J connectivity index is 2.08. The van der Waals surface area contributed by atoms with Gasteiger partial charge in [0.25, 0.3) is 5.91 Å². The zero-order chi connectivity index (χ0) is 17.5. The van der Waals surface area contributed by atoms with E-state index >= 15 is 0 Å². The number of ether oxygens (including phenoxy) is 2. The maximum absolute atomic E-state index is 12.2. The fourth-order valence-electron chi connectivity index (χ4n) is 1.98. The van der Waals surface area contributed by atoms with Crippen LogP contribution in [0.1, 0.15) is 34.6 Å². The molecule has 1 amide bonds. The van der Waals surface area contributed by atoms with Crippen LogP contribution in [0, 0.1) is 0 Å². The van der Waals surface area contributed by atoms with Crippen LogP contribution in [0.3, 0.4) is 0 Å². The second-order valence-electron chi connectivity index (χ2n) is 4.87. The van der Waals surface area contributed by atoms with Crippen LogP contribution in [0.15, 0.2) is 48.5 Å². The van der Waals surface area contributed by atoms with E-state index in [9.17, 15) is 14.4 Å². The molecule has 6 nitrogen and oxygen atoms in total. The van der Waals surface area contributed by atoms with E-state index < -0.39 is 11.9 Å². The van der Waals surface area contributed by atoms with E-state index in [0.717, 1.165) is 0 Å². The number of amides is 1. The Morgan fingerprint density at radius 1 is 1.00 bits per heavy atom. The van der Waals surface area contributed by atoms with Gasteiger partial charge in [-0.05, 0) is 49.4 Å². The summed E-state index contributed by atoms with van der Waals surface area (Å²) in [6.07, 6.45) is 0. The molecule has 0 radical (unpaired) electrons. The van der Waals surface area contributed by atoms with Gasteiger partial charge in [0.05, 0.1) is 12.2 Å². The molecule has 0 atom stereocenters. The van der Waals surface area contributed by atoms with Gasteiger partial charge in [-0.3, -0.25) is 9.59 Å². The number of hydrogen-bond acceptors (Lipinski definition) is 5. The predicted molar refractivity (Wildman–Crippen MR) is 88.1 cm³/mol. The molecule has 24 heavy (non-hydrogen) atoms. The summed E-state index contributed by atoms with van der Waals surface area (Å²) in [5, 5.41) is 2.70. The highest BCUT2D eigenvalue weighted by Crippen LogP contribution is 2.16. The quantitative estimate of drug-likeness (QED) is 0.674. The lowest BCUT2D eigenvalue weighted by Gasteiger charge is -2.08. The molecule has 1 N–H and O–H groups in total. The second kappa shape index (κ2) is 7.92. The molecule has 0 bridgehead atoms. The Kier molecular flexibility index (Phi) is 5.68. The van der Waals surface area contributed by atoms with Crippen molar-refractivity contribution >= 4 is 23.5 Å². The van der Waals surface area contributed by atoms with Crippen LogP contribution in [-0.4, -0.2) is 24.5 Å². The van der Waals surface area contributed by atoms with Crippen LogP contribution in [0.2, 0.25) is 0 Å². The fourth-order valence-corrected chi connectivity index (χ4v) is 1.98. The van der Waals surface area contributed by atoms with Crippen molar-refractivity contribution in [3.05, 3.63) is 59.7 Å². The summed E-state index contributed by atoms with van der Waals surface area (Å²) in [5.41, 5.74) is 1.24. The molecular formula is C18H17NO5. The van der Waals surface area contributed by atoms with Crippen molar-refractivity contribution < 1.29 is 23.9 Å². The van der Waals surface area contributed by atoms with E-state index in [2.05, 4.69) is 5.32 Å². The minimum atomic E-state index is -0.445. The molecule has 0 spiro atoms. The highest BCUT2D eigenvalue weighted by atomic mass is 16.5. The number of anilines is 1. The Bertz CT molecular complexity index is 752. The van der Waals surface area contributed by atoms with Gasteiger partial charge in [0.1, 0.15) is 5.75 Å². The SMILES string of the molecule is CCOC(=O)c1cccc(NC(=O)c2ccc(OC(C)=O)cc2)c1. The van der Waals surface area contributed by atoms with Crippen molar-refractivity contribution in [2.75, 3.05) is 11.9 Å². The van der Waals surface area contributed by atoms with E-state index in [-0.39, 0.29) is 12.5 Å². The van der Waals surface area contributed by atoms with E-state index in [4.69, 9.17) is 9.47 Å². The first-order valence-corrected chi connectivity index (χ1v) is 7.36. The molecular weight excluding hydrogens is 310 g/mol. The fraction of sp³-hybridized carbons (Fsp3) is 0.167. The third-order valence-corrected chi connectivity index (χ3v) is 3.01. The summed E-state index contributed by atoms with van der Waals surface area (Å²) in [4.78, 5) is 34.8. The molecule has 0 aliphatic carbocycles. The zero-order valence-corrected chi connectivity index (χ0v) is 13.4. The van der Waals surface area contributed by atoms with Gasteiger partial charge in [-0.2, -0.15) is 0 Å². The number of benzene rings is 2. The van der Waals surface area contributed by atoms with Gasteiger partial charge in [-0.15, -0.1) is 0 Å². The van der Waals surface area contributed by atoms with E-state index in [1.54, 1.807) is 43.3 Å². The molecule has 0 saturated carbocycles. The van der Waals surface area contributed by atoms with Crippen LogP contribution in [-0.2, 0) is 9.53 Å². The first kappa shape index (κ1) is 17.2. The van der Waals surface area contributed by atoms with Gasteiger partial charge >= 0.3 is 11.9 Å². The molecule has 0 aromatic heterocycles. The third-order valence-electron chi connectivity index (χ3n) is 3.01. The van der Waals surface area contributed by atoms with Gasteiger partial charge in [0.2, 0.25) is 0 Å². The van der Waals surface area contributed by atoms with Gasteiger partial charge in [0.15, 0.2) is 0 Å². The average molecular weight is 327 g/mol. The largest absolute Gasteiger partial charge is 0.462 e. The number of rotatable bonds is 5. The van der Waals surface area contributed by atoms with Crippen LogP contribution < -0.4 is 10.1 Å². The molecule has 124 valence electrons. The monoisotopic (exact) mass is 327 g/mol. The van der Waals surface area contributed by atoms with E-state index in [0.29, 0.717) is 22.6 Å². The summed E-state index contributed by atoms with van der Waals surface area (Å²) >= 11 is 0. The smallest absolute Gasteiger partial charge is 0.338 e. The number of carbonyl (C=O) groups is 3. The van der Waals surface area contributed by atoms with Crippen LogP contribution in [0.25, 0.3) is 0 Å². The van der Waals surface area contributed by atoms with Crippen molar-refractivity contribution in [2.24, 2.45) is 0 Å². The number of carbonyl (C=O) groups excluding carboxylic acids is 3. The molecule has 0 aliphatic rings. The van der Waals surface area contributed by atoms with Crippen LogP contribution >= 0.6 is 0 Å². The highest BCUT2D eigenvalue weighted by molar-refractivity contribution is 6.05. The molecule has 0 fully saturated rings. The minimum absolute atomic E-state index is 0.282. The number of esters is 2. The van der Waals surface area contributed by atoms with E-state index in [1.807, 2.05) is 0 Å². The Labute approximate surface area is 139 Å². The van der Waals surface area contributed by atoms with E-state index in [1.165, 1.54) is 19.1 Å². The van der Waals surface area contributed by atoms with Crippen molar-refractivity contribution in [3.8, 4) is 5.75 Å². The normalized spacial score (nSPS) is 9.92. The maximum atomic E-state index is 12.2. The highest BCUT2D eigenvalue weighted by Gasteiger charge is 2.10. The second-order valence-corrected chi connectivity index (χ2v) is 4.87. The maximum Gasteiger partial charge on any atom is 0.338 e. The Morgan fingerprint density at radius 2 is 1.71 bits per heavy atom. The van der Waals surface area contributed by atoms with Crippen molar-refractivity contribution in [3.63, 3.8) is 0 Å². The van der Waals surface area contributed by atoms with Crippen LogP contribution in [0.4, 0.5) is 5.69 Å². The summed E-state index contributed by atoms with van der Waals surface area (Å²) < 4.78 is 9.83. The third kappa shape index (κ3) is 4.67. The van der Waals surface area contributed by atoms with Crippen molar-refractivity contribution in [1.29, 1.82) is 0 Å². The lowest BCUT2D eigenvalue weighted by Crippen LogP contribution is -2.13. The molecule has 2 aromatic carbocycles. The van der Waals surface area contributed by atoms with Crippen LogP contribution in [0.5, 0.6) is 5.75 Å². The first-order chi connectivity index (χ1) is 11.5. The molecule has 2 rings (SSSR count). The lowest BCUT2D eigenvalue weighted by molar-refractivity contribution is -0.131.